The summed E-state index contributed by atoms with van der Waals surface area (Å²) in [5.41, 5.74) is 3.18. The van der Waals surface area contributed by atoms with Crippen molar-refractivity contribution in [2.45, 2.75) is 40.0 Å². The molecule has 1 aliphatic rings. The number of carbonyl (C=O) groups excluding carboxylic acids is 1. The van der Waals surface area contributed by atoms with Crippen molar-refractivity contribution in [2.24, 2.45) is 0 Å². The molecule has 0 saturated carbocycles. The molecule has 1 fully saturated rings. The Balaban J connectivity index is 1.94. The Labute approximate surface area is 152 Å². The van der Waals surface area contributed by atoms with Crippen molar-refractivity contribution < 1.29 is 14.6 Å². The topological polar surface area (TPSA) is 88.7 Å². The van der Waals surface area contributed by atoms with Gasteiger partial charge in [0, 0.05) is 25.3 Å². The molecule has 0 bridgehead atoms. The van der Waals surface area contributed by atoms with Crippen LogP contribution in [-0.2, 0) is 17.8 Å². The van der Waals surface area contributed by atoms with Gasteiger partial charge in [-0.3, -0.25) is 9.13 Å². The number of aliphatic hydroxyl groups is 1. The standard InChI is InChI=1S/C18H26N4O4/c1-4-21-15-8-12(3)14(9-16(15)22(5-2)18(21)25)19-17(24)20-6-7-26-11-13(23)10-20/h8-9,13,23H,4-7,10-11H2,1-3H3,(H,19,24)/t13-/m0/s1. The number of fused-ring (bicyclic) bond motifs is 1. The minimum atomic E-state index is -0.685. The number of amides is 2. The van der Waals surface area contributed by atoms with Crippen molar-refractivity contribution in [3.63, 3.8) is 0 Å². The molecule has 2 amide bonds. The second kappa shape index (κ2) is 7.51. The fraction of sp³-hybridized carbons (Fsp3) is 0.556. The molecule has 3 rings (SSSR count). The van der Waals surface area contributed by atoms with Crippen molar-refractivity contribution in [2.75, 3.05) is 31.6 Å². The van der Waals surface area contributed by atoms with Crippen LogP contribution in [0.1, 0.15) is 19.4 Å². The molecular formula is C18H26N4O4. The van der Waals surface area contributed by atoms with E-state index in [2.05, 4.69) is 5.32 Å². The van der Waals surface area contributed by atoms with Crippen LogP contribution in [0.5, 0.6) is 0 Å². The zero-order valence-electron chi connectivity index (χ0n) is 15.5. The lowest BCUT2D eigenvalue weighted by atomic mass is 10.1. The molecule has 2 heterocycles. The predicted molar refractivity (Wildman–Crippen MR) is 99.7 cm³/mol. The van der Waals surface area contributed by atoms with Gasteiger partial charge in [-0.1, -0.05) is 0 Å². The highest BCUT2D eigenvalue weighted by Crippen LogP contribution is 2.24. The van der Waals surface area contributed by atoms with Gasteiger partial charge in [0.15, 0.2) is 0 Å². The number of hydrogen-bond donors (Lipinski definition) is 2. The highest BCUT2D eigenvalue weighted by Gasteiger charge is 2.22. The molecule has 1 saturated heterocycles. The Morgan fingerprint density at radius 2 is 1.92 bits per heavy atom. The van der Waals surface area contributed by atoms with E-state index >= 15 is 0 Å². The average Bonchev–Trinajstić information content (AvgIpc) is 2.74. The number of β-amino-alcohol motifs (C(OH)–C–C–N with tert-alkyl or cyclic N) is 1. The van der Waals surface area contributed by atoms with E-state index < -0.39 is 6.10 Å². The van der Waals surface area contributed by atoms with E-state index in [1.54, 1.807) is 14.0 Å². The number of urea groups is 1. The monoisotopic (exact) mass is 362 g/mol. The Hall–Kier alpha value is -2.32. The highest BCUT2D eigenvalue weighted by atomic mass is 16.5. The second-order valence-electron chi connectivity index (χ2n) is 6.53. The number of imidazole rings is 1. The molecule has 1 aromatic heterocycles. The van der Waals surface area contributed by atoms with Crippen LogP contribution in [0.2, 0.25) is 0 Å². The Morgan fingerprint density at radius 3 is 2.58 bits per heavy atom. The summed E-state index contributed by atoms with van der Waals surface area (Å²) in [4.78, 5) is 26.7. The second-order valence-corrected chi connectivity index (χ2v) is 6.53. The normalized spacial score (nSPS) is 18.2. The van der Waals surface area contributed by atoms with Crippen LogP contribution in [0.3, 0.4) is 0 Å². The summed E-state index contributed by atoms with van der Waals surface area (Å²) in [6.07, 6.45) is -0.685. The van der Waals surface area contributed by atoms with Crippen molar-refractivity contribution in [1.82, 2.24) is 14.0 Å². The molecular weight excluding hydrogens is 336 g/mol. The fourth-order valence-corrected chi connectivity index (χ4v) is 3.38. The van der Waals surface area contributed by atoms with Gasteiger partial charge in [-0.05, 0) is 38.5 Å². The molecule has 0 spiro atoms. The molecule has 2 N–H and O–H groups in total. The molecule has 0 unspecified atom stereocenters. The molecule has 142 valence electrons. The van der Waals surface area contributed by atoms with Crippen LogP contribution >= 0.6 is 0 Å². The van der Waals surface area contributed by atoms with Gasteiger partial charge in [-0.25, -0.2) is 9.59 Å². The lowest BCUT2D eigenvalue weighted by Gasteiger charge is -2.22. The van der Waals surface area contributed by atoms with Gasteiger partial charge in [0.2, 0.25) is 0 Å². The lowest BCUT2D eigenvalue weighted by Crippen LogP contribution is -2.40. The Bertz CT molecular complexity index is 870. The summed E-state index contributed by atoms with van der Waals surface area (Å²) in [6.45, 7) is 8.24. The van der Waals surface area contributed by atoms with E-state index in [0.29, 0.717) is 31.9 Å². The number of rotatable bonds is 3. The van der Waals surface area contributed by atoms with Gasteiger partial charge in [-0.2, -0.15) is 0 Å². The first-order valence-electron chi connectivity index (χ1n) is 9.01. The highest BCUT2D eigenvalue weighted by molar-refractivity contribution is 5.93. The van der Waals surface area contributed by atoms with Gasteiger partial charge in [0.25, 0.3) is 0 Å². The largest absolute Gasteiger partial charge is 0.389 e. The fourth-order valence-electron chi connectivity index (χ4n) is 3.38. The number of aliphatic hydroxyl groups excluding tert-OH is 1. The summed E-state index contributed by atoms with van der Waals surface area (Å²) in [5, 5.41) is 12.7. The third-order valence-corrected chi connectivity index (χ3v) is 4.77. The van der Waals surface area contributed by atoms with Crippen molar-refractivity contribution in [3.05, 3.63) is 28.2 Å². The number of hydrogen-bond acceptors (Lipinski definition) is 4. The molecule has 1 aromatic carbocycles. The van der Waals surface area contributed by atoms with Gasteiger partial charge < -0.3 is 20.1 Å². The summed E-state index contributed by atoms with van der Waals surface area (Å²) in [7, 11) is 0. The summed E-state index contributed by atoms with van der Waals surface area (Å²) in [5.74, 6) is 0. The Morgan fingerprint density at radius 1 is 1.27 bits per heavy atom. The average molecular weight is 362 g/mol. The maximum absolute atomic E-state index is 12.6. The summed E-state index contributed by atoms with van der Waals surface area (Å²) >= 11 is 0. The number of aromatic nitrogens is 2. The number of nitrogens with zero attached hydrogens (tertiary/aromatic N) is 3. The van der Waals surface area contributed by atoms with Crippen LogP contribution in [0.15, 0.2) is 16.9 Å². The maximum Gasteiger partial charge on any atom is 0.329 e. The van der Waals surface area contributed by atoms with Crippen LogP contribution in [-0.4, -0.2) is 57.6 Å². The molecule has 2 aromatic rings. The number of nitrogens with one attached hydrogen (secondary N) is 1. The SMILES string of the molecule is CCn1c(=O)n(CC)c2cc(NC(=O)N3CCOC[C@@H](O)C3)c(C)cc21. The molecule has 8 heteroatoms. The first-order valence-corrected chi connectivity index (χ1v) is 9.01. The third kappa shape index (κ3) is 3.34. The summed E-state index contributed by atoms with van der Waals surface area (Å²) < 4.78 is 8.71. The molecule has 26 heavy (non-hydrogen) atoms. The minimum absolute atomic E-state index is 0.0411. The number of ether oxygens (including phenoxy) is 1. The minimum Gasteiger partial charge on any atom is -0.389 e. The van der Waals surface area contributed by atoms with E-state index in [9.17, 15) is 14.7 Å². The lowest BCUT2D eigenvalue weighted by molar-refractivity contribution is 0.0575. The zero-order valence-corrected chi connectivity index (χ0v) is 15.5. The van der Waals surface area contributed by atoms with Crippen LogP contribution < -0.4 is 11.0 Å². The first kappa shape index (κ1) is 18.5. The number of carbonyl (C=O) groups is 1. The third-order valence-electron chi connectivity index (χ3n) is 4.77. The van der Waals surface area contributed by atoms with Gasteiger partial charge in [0.1, 0.15) is 0 Å². The van der Waals surface area contributed by atoms with Gasteiger partial charge in [0.05, 0.1) is 36.9 Å². The molecule has 0 aliphatic carbocycles. The van der Waals surface area contributed by atoms with Crippen molar-refractivity contribution in [1.29, 1.82) is 0 Å². The smallest absolute Gasteiger partial charge is 0.329 e. The van der Waals surface area contributed by atoms with Crippen LogP contribution in [0.25, 0.3) is 11.0 Å². The van der Waals surface area contributed by atoms with Crippen LogP contribution in [0.4, 0.5) is 10.5 Å². The van der Waals surface area contributed by atoms with Crippen LogP contribution in [0, 0.1) is 6.92 Å². The predicted octanol–water partition coefficient (Wildman–Crippen LogP) is 1.38. The van der Waals surface area contributed by atoms with Gasteiger partial charge >= 0.3 is 11.7 Å². The van der Waals surface area contributed by atoms with E-state index in [4.69, 9.17) is 4.74 Å². The quantitative estimate of drug-likeness (QED) is 0.863. The van der Waals surface area contributed by atoms with Crippen molar-refractivity contribution in [3.8, 4) is 0 Å². The van der Waals surface area contributed by atoms with E-state index in [1.165, 1.54) is 0 Å². The van der Waals surface area contributed by atoms with Gasteiger partial charge in [-0.15, -0.1) is 0 Å². The number of aryl methyl sites for hydroxylation is 3. The van der Waals surface area contributed by atoms with E-state index in [1.807, 2.05) is 32.9 Å². The molecule has 1 atom stereocenters. The van der Waals surface area contributed by atoms with E-state index in [-0.39, 0.29) is 24.9 Å². The van der Waals surface area contributed by atoms with Crippen molar-refractivity contribution >= 4 is 22.8 Å². The Kier molecular flexibility index (Phi) is 5.33. The summed E-state index contributed by atoms with van der Waals surface area (Å²) in [6, 6.07) is 3.50. The molecule has 0 radical (unpaired) electrons. The zero-order chi connectivity index (χ0) is 18.8. The molecule has 8 nitrogen and oxygen atoms in total. The number of benzene rings is 1. The first-order chi connectivity index (χ1) is 12.5. The molecule has 1 aliphatic heterocycles. The number of anilines is 1. The van der Waals surface area contributed by atoms with E-state index in [0.717, 1.165) is 16.6 Å². The maximum atomic E-state index is 12.6.